The van der Waals surface area contributed by atoms with E-state index >= 15 is 0 Å². The number of hydrogen-bond donors (Lipinski definition) is 1. The third-order valence-electron chi connectivity index (χ3n) is 2.18. The SMILES string of the molecule is N#Cc1ccc(Cl)cc1NCc1ccc(I)o1. The fourth-order valence-electron chi connectivity index (χ4n) is 1.39. The molecule has 17 heavy (non-hydrogen) atoms. The summed E-state index contributed by atoms with van der Waals surface area (Å²) in [6, 6.07) is 11.0. The molecule has 0 bridgehead atoms. The molecule has 0 aliphatic heterocycles. The number of furan rings is 1. The first kappa shape index (κ1) is 12.3. The van der Waals surface area contributed by atoms with Crippen LogP contribution in [0.5, 0.6) is 0 Å². The van der Waals surface area contributed by atoms with Gasteiger partial charge < -0.3 is 9.73 Å². The Balaban J connectivity index is 2.13. The summed E-state index contributed by atoms with van der Waals surface area (Å²) in [6.07, 6.45) is 0. The lowest BCUT2D eigenvalue weighted by Gasteiger charge is -2.06. The predicted molar refractivity (Wildman–Crippen MR) is 74.9 cm³/mol. The monoisotopic (exact) mass is 358 g/mol. The lowest BCUT2D eigenvalue weighted by atomic mass is 10.2. The summed E-state index contributed by atoms with van der Waals surface area (Å²) in [5, 5.41) is 12.7. The Morgan fingerprint density at radius 1 is 1.35 bits per heavy atom. The van der Waals surface area contributed by atoms with Crippen LogP contribution in [0.2, 0.25) is 5.02 Å². The number of halogens is 2. The van der Waals surface area contributed by atoms with Crippen molar-refractivity contribution < 1.29 is 4.42 Å². The van der Waals surface area contributed by atoms with E-state index in [2.05, 4.69) is 34.0 Å². The molecule has 0 amide bonds. The van der Waals surface area contributed by atoms with Crippen LogP contribution in [0.4, 0.5) is 5.69 Å². The molecule has 1 heterocycles. The highest BCUT2D eigenvalue weighted by Gasteiger charge is 2.04. The first-order valence-electron chi connectivity index (χ1n) is 4.87. The molecule has 0 aliphatic carbocycles. The van der Waals surface area contributed by atoms with Gasteiger partial charge in [-0.3, -0.25) is 0 Å². The molecule has 0 unspecified atom stereocenters. The van der Waals surface area contributed by atoms with E-state index in [9.17, 15) is 0 Å². The number of nitrogens with one attached hydrogen (secondary N) is 1. The summed E-state index contributed by atoms with van der Waals surface area (Å²) in [6.45, 7) is 0.526. The number of benzene rings is 1. The Bertz CT molecular complexity index is 574. The number of hydrogen-bond acceptors (Lipinski definition) is 3. The molecule has 3 nitrogen and oxygen atoms in total. The average molecular weight is 359 g/mol. The second kappa shape index (κ2) is 5.43. The fraction of sp³-hybridized carbons (Fsp3) is 0.0833. The van der Waals surface area contributed by atoms with E-state index in [1.54, 1.807) is 18.2 Å². The van der Waals surface area contributed by atoms with Crippen molar-refractivity contribution in [1.29, 1.82) is 5.26 Å². The maximum Gasteiger partial charge on any atom is 0.164 e. The summed E-state index contributed by atoms with van der Waals surface area (Å²) < 4.78 is 6.26. The highest BCUT2D eigenvalue weighted by atomic mass is 127. The predicted octanol–water partition coefficient (Wildman–Crippen LogP) is 4.02. The van der Waals surface area contributed by atoms with Gasteiger partial charge in [0.1, 0.15) is 11.8 Å². The van der Waals surface area contributed by atoms with Crippen LogP contribution >= 0.6 is 34.2 Å². The number of nitrogens with zero attached hydrogens (tertiary/aromatic N) is 1. The molecular weight excluding hydrogens is 351 g/mol. The minimum atomic E-state index is 0.526. The van der Waals surface area contributed by atoms with E-state index in [-0.39, 0.29) is 0 Å². The zero-order valence-electron chi connectivity index (χ0n) is 8.71. The summed E-state index contributed by atoms with van der Waals surface area (Å²) in [5.74, 6) is 0.818. The number of rotatable bonds is 3. The molecule has 5 heteroatoms. The first-order valence-corrected chi connectivity index (χ1v) is 6.32. The van der Waals surface area contributed by atoms with E-state index in [0.29, 0.717) is 22.8 Å². The Hall–Kier alpha value is -1.19. The van der Waals surface area contributed by atoms with Gasteiger partial charge in [-0.2, -0.15) is 5.26 Å². The first-order chi connectivity index (χ1) is 8.19. The van der Waals surface area contributed by atoms with Gasteiger partial charge in [0, 0.05) is 5.02 Å². The third-order valence-corrected chi connectivity index (χ3v) is 3.00. The molecular formula is C12H8ClIN2O. The fourth-order valence-corrected chi connectivity index (χ4v) is 2.02. The molecule has 0 fully saturated rings. The Morgan fingerprint density at radius 2 is 2.18 bits per heavy atom. The van der Waals surface area contributed by atoms with Gasteiger partial charge in [-0.25, -0.2) is 0 Å². The van der Waals surface area contributed by atoms with Crippen LogP contribution in [0.1, 0.15) is 11.3 Å². The van der Waals surface area contributed by atoms with E-state index < -0.39 is 0 Å². The van der Waals surface area contributed by atoms with Crippen molar-refractivity contribution in [3.8, 4) is 6.07 Å². The Kier molecular flexibility index (Phi) is 3.92. The summed E-state index contributed by atoms with van der Waals surface area (Å²) in [7, 11) is 0. The second-order valence-corrected chi connectivity index (χ2v) is 4.86. The van der Waals surface area contributed by atoms with Gasteiger partial charge in [-0.15, -0.1) is 0 Å². The van der Waals surface area contributed by atoms with Gasteiger partial charge >= 0.3 is 0 Å². The van der Waals surface area contributed by atoms with Crippen LogP contribution in [0.3, 0.4) is 0 Å². The van der Waals surface area contributed by atoms with Crippen LogP contribution in [0.25, 0.3) is 0 Å². The summed E-state index contributed by atoms with van der Waals surface area (Å²) >= 11 is 7.99. The molecule has 0 saturated heterocycles. The molecule has 1 N–H and O–H groups in total. The molecule has 0 aliphatic rings. The van der Waals surface area contributed by atoms with Gasteiger partial charge in [-0.1, -0.05) is 11.6 Å². The lowest BCUT2D eigenvalue weighted by Crippen LogP contribution is -2.00. The van der Waals surface area contributed by atoms with E-state index in [4.69, 9.17) is 21.3 Å². The summed E-state index contributed by atoms with van der Waals surface area (Å²) in [4.78, 5) is 0. The van der Waals surface area contributed by atoms with E-state index in [1.165, 1.54) is 0 Å². The molecule has 1 aromatic carbocycles. The van der Waals surface area contributed by atoms with Crippen LogP contribution in [0.15, 0.2) is 34.7 Å². The second-order valence-electron chi connectivity index (χ2n) is 3.36. The average Bonchev–Trinajstić information content (AvgIpc) is 2.73. The normalized spacial score (nSPS) is 9.94. The highest BCUT2D eigenvalue weighted by molar-refractivity contribution is 14.1. The highest BCUT2D eigenvalue weighted by Crippen LogP contribution is 2.21. The van der Waals surface area contributed by atoms with Crippen LogP contribution in [-0.4, -0.2) is 0 Å². The van der Waals surface area contributed by atoms with Gasteiger partial charge in [0.25, 0.3) is 0 Å². The lowest BCUT2D eigenvalue weighted by molar-refractivity contribution is 0.493. The zero-order valence-corrected chi connectivity index (χ0v) is 11.6. The quantitative estimate of drug-likeness (QED) is 0.843. The van der Waals surface area contributed by atoms with E-state index in [0.717, 1.165) is 9.53 Å². The van der Waals surface area contributed by atoms with Crippen LogP contribution in [0, 0.1) is 15.1 Å². The minimum Gasteiger partial charge on any atom is -0.454 e. The van der Waals surface area contributed by atoms with Crippen molar-refractivity contribution >= 4 is 39.9 Å². The zero-order chi connectivity index (χ0) is 12.3. The van der Waals surface area contributed by atoms with Crippen molar-refractivity contribution in [2.24, 2.45) is 0 Å². The Labute approximate surface area is 118 Å². The molecule has 0 atom stereocenters. The number of anilines is 1. The molecule has 2 rings (SSSR count). The van der Waals surface area contributed by atoms with Crippen molar-refractivity contribution in [2.75, 3.05) is 5.32 Å². The number of nitriles is 1. The molecule has 0 radical (unpaired) electrons. The van der Waals surface area contributed by atoms with Gasteiger partial charge in [-0.05, 0) is 52.9 Å². The topological polar surface area (TPSA) is 49.0 Å². The maximum atomic E-state index is 8.95. The Morgan fingerprint density at radius 3 is 2.82 bits per heavy atom. The molecule has 0 saturated carbocycles. The van der Waals surface area contributed by atoms with Crippen LogP contribution in [-0.2, 0) is 6.54 Å². The van der Waals surface area contributed by atoms with Crippen molar-refractivity contribution in [1.82, 2.24) is 0 Å². The molecule has 0 spiro atoms. The van der Waals surface area contributed by atoms with Crippen molar-refractivity contribution in [3.63, 3.8) is 0 Å². The molecule has 1 aromatic heterocycles. The van der Waals surface area contributed by atoms with Crippen molar-refractivity contribution in [3.05, 3.63) is 50.4 Å². The van der Waals surface area contributed by atoms with E-state index in [1.807, 2.05) is 12.1 Å². The molecule has 2 aromatic rings. The summed E-state index contributed by atoms with van der Waals surface area (Å²) in [5.41, 5.74) is 1.28. The van der Waals surface area contributed by atoms with Crippen LogP contribution < -0.4 is 5.32 Å². The standard InChI is InChI=1S/C12H8ClIN2O/c13-9-2-1-8(6-15)11(5-9)16-7-10-3-4-12(14)17-10/h1-5,16H,7H2. The maximum absolute atomic E-state index is 8.95. The van der Waals surface area contributed by atoms with Gasteiger partial charge in [0.05, 0.1) is 17.8 Å². The largest absolute Gasteiger partial charge is 0.454 e. The van der Waals surface area contributed by atoms with Gasteiger partial charge in [0.2, 0.25) is 0 Å². The smallest absolute Gasteiger partial charge is 0.164 e. The van der Waals surface area contributed by atoms with Gasteiger partial charge in [0.15, 0.2) is 3.77 Å². The molecule has 86 valence electrons. The van der Waals surface area contributed by atoms with Crippen molar-refractivity contribution in [2.45, 2.75) is 6.54 Å². The third kappa shape index (κ3) is 3.14. The minimum absolute atomic E-state index is 0.526.